The highest BCUT2D eigenvalue weighted by Gasteiger charge is 2.47. The Hall–Kier alpha value is -5.28. The molecule has 59 heavy (non-hydrogen) atoms. The van der Waals surface area contributed by atoms with E-state index in [1.165, 1.54) is 17.0 Å². The molecule has 308 valence electrons. The third kappa shape index (κ3) is 6.48. The van der Waals surface area contributed by atoms with Crippen LogP contribution in [0.3, 0.4) is 0 Å². The van der Waals surface area contributed by atoms with Crippen LogP contribution in [0.2, 0.25) is 0 Å². The molecule has 7 heterocycles. The number of aromatic nitrogens is 1. The number of carbonyl (C=O) groups is 4. The second kappa shape index (κ2) is 14.2. The number of nitrogens with one attached hydrogen (secondary N) is 2. The van der Waals surface area contributed by atoms with E-state index in [0.29, 0.717) is 75.6 Å². The summed E-state index contributed by atoms with van der Waals surface area (Å²) in [6.45, 7) is 5.24. The number of halogens is 4. The van der Waals surface area contributed by atoms with Crippen molar-refractivity contribution < 1.29 is 36.7 Å². The van der Waals surface area contributed by atoms with Crippen molar-refractivity contribution in [1.82, 2.24) is 29.9 Å². The molecule has 0 bridgehead atoms. The summed E-state index contributed by atoms with van der Waals surface area (Å²) in [6.07, 6.45) is -0.148. The topological polar surface area (TPSA) is 112 Å². The molecule has 0 radical (unpaired) electrons. The summed E-state index contributed by atoms with van der Waals surface area (Å²) in [5.74, 6) is -2.47. The fraction of sp³-hybridized carbons (Fsp3) is 0.455. The molecule has 15 heteroatoms. The molecule has 4 amide bonds. The second-order valence-electron chi connectivity index (χ2n) is 17.5. The fourth-order valence-corrected chi connectivity index (χ4v) is 10.7. The normalized spacial score (nSPS) is 24.2. The van der Waals surface area contributed by atoms with Gasteiger partial charge in [-0.2, -0.15) is 0 Å². The van der Waals surface area contributed by atoms with Gasteiger partial charge < -0.3 is 19.7 Å². The number of fused-ring (bicyclic) bond motifs is 5. The van der Waals surface area contributed by atoms with Crippen LogP contribution in [0.1, 0.15) is 82.5 Å². The molecule has 3 fully saturated rings. The van der Waals surface area contributed by atoms with Gasteiger partial charge in [-0.1, -0.05) is 24.3 Å². The number of amides is 4. The maximum Gasteiger partial charge on any atom is 0.255 e. The number of aromatic amines is 1. The minimum absolute atomic E-state index is 0.0345. The molecule has 2 N–H and O–H groups in total. The Labute approximate surface area is 338 Å². The van der Waals surface area contributed by atoms with Gasteiger partial charge in [0.25, 0.3) is 12.3 Å². The van der Waals surface area contributed by atoms with Crippen molar-refractivity contribution in [3.05, 3.63) is 99.2 Å². The Morgan fingerprint density at radius 2 is 1.64 bits per heavy atom. The lowest BCUT2D eigenvalue weighted by atomic mass is 9.71. The smallest absolute Gasteiger partial charge is 0.255 e. The zero-order chi connectivity index (χ0) is 40.9. The quantitative estimate of drug-likeness (QED) is 0.194. The van der Waals surface area contributed by atoms with Crippen molar-refractivity contribution in [3.8, 4) is 0 Å². The lowest BCUT2D eigenvalue weighted by molar-refractivity contribution is -0.137. The molecule has 6 aliphatic heterocycles. The number of rotatable bonds is 7. The van der Waals surface area contributed by atoms with Crippen molar-refractivity contribution in [2.24, 2.45) is 5.41 Å². The van der Waals surface area contributed by atoms with Crippen LogP contribution in [0.5, 0.6) is 0 Å². The molecule has 3 atom stereocenters. The summed E-state index contributed by atoms with van der Waals surface area (Å²) in [4.78, 5) is 63.2. The van der Waals surface area contributed by atoms with Crippen LogP contribution in [0, 0.1) is 17.0 Å². The number of alkyl halides is 2. The molecule has 10 rings (SSSR count). The number of carbonyl (C=O) groups excluding carboxylic acids is 4. The summed E-state index contributed by atoms with van der Waals surface area (Å²) >= 11 is 0. The van der Waals surface area contributed by atoms with E-state index >= 15 is 8.78 Å². The van der Waals surface area contributed by atoms with Gasteiger partial charge in [0.05, 0.1) is 19.1 Å². The first kappa shape index (κ1) is 38.0. The molecule has 0 aliphatic carbocycles. The van der Waals surface area contributed by atoms with E-state index in [2.05, 4.69) is 15.2 Å². The summed E-state index contributed by atoms with van der Waals surface area (Å²) in [7, 11) is 0. The first-order valence-electron chi connectivity index (χ1n) is 20.5. The predicted molar refractivity (Wildman–Crippen MR) is 209 cm³/mol. The summed E-state index contributed by atoms with van der Waals surface area (Å²) in [6, 6.07) is 12.1. The van der Waals surface area contributed by atoms with Crippen LogP contribution in [0.15, 0.2) is 48.5 Å². The third-order valence-electron chi connectivity index (χ3n) is 13.8. The molecule has 3 aromatic carbocycles. The first-order chi connectivity index (χ1) is 28.3. The number of H-pyrrole nitrogens is 1. The Morgan fingerprint density at radius 1 is 0.932 bits per heavy atom. The molecule has 4 aromatic rings. The van der Waals surface area contributed by atoms with Crippen molar-refractivity contribution in [1.29, 1.82) is 0 Å². The first-order valence-corrected chi connectivity index (χ1v) is 20.5. The predicted octanol–water partition coefficient (Wildman–Crippen LogP) is 5.25. The second-order valence-corrected chi connectivity index (χ2v) is 17.5. The van der Waals surface area contributed by atoms with Gasteiger partial charge in [-0.25, -0.2) is 17.6 Å². The molecule has 6 aliphatic rings. The fourth-order valence-electron chi connectivity index (χ4n) is 10.7. The number of hydrogen-bond acceptors (Lipinski definition) is 7. The van der Waals surface area contributed by atoms with E-state index in [0.717, 1.165) is 46.0 Å². The lowest BCUT2D eigenvalue weighted by Crippen LogP contribution is -2.61. The Bertz CT molecular complexity index is 2400. The number of likely N-dealkylation sites (tertiary alicyclic amines) is 1. The highest BCUT2D eigenvalue weighted by atomic mass is 19.3. The maximum absolute atomic E-state index is 16.2. The molecule has 1 aromatic heterocycles. The number of hydrogen-bond donors (Lipinski definition) is 2. The zero-order valence-electron chi connectivity index (χ0n) is 32.7. The van der Waals surface area contributed by atoms with Crippen LogP contribution in [0.4, 0.5) is 23.2 Å². The molecule has 1 spiro atoms. The van der Waals surface area contributed by atoms with Crippen molar-refractivity contribution in [3.63, 3.8) is 0 Å². The number of imide groups is 1. The van der Waals surface area contributed by atoms with Gasteiger partial charge in [0.2, 0.25) is 17.7 Å². The van der Waals surface area contributed by atoms with Gasteiger partial charge in [-0.3, -0.25) is 34.3 Å². The van der Waals surface area contributed by atoms with E-state index < -0.39 is 42.6 Å². The highest BCUT2D eigenvalue weighted by molar-refractivity contribution is 6.05. The van der Waals surface area contributed by atoms with Gasteiger partial charge in [0, 0.05) is 97.1 Å². The number of anilines is 1. The molecular weight excluding hydrogens is 767 g/mol. The molecule has 3 saturated heterocycles. The SMILES string of the molecule is C[C@@H]1Cc2c([nH]c3ccccc23)[C@@H](c2c(F)cc(N3CC4(CCN(C(=O)CN5Cc6cc7c(cc6C5)C(=O)N(C5CCC(=O)NC5=O)C7)CC4)C3)cc2F)N1CC(F)F. The van der Waals surface area contributed by atoms with E-state index in [1.807, 2.05) is 53.1 Å². The molecule has 0 saturated carbocycles. The van der Waals surface area contributed by atoms with Crippen LogP contribution in [-0.4, -0.2) is 106 Å². The molecular formula is C44H45F4N7O4. The van der Waals surface area contributed by atoms with E-state index in [-0.39, 0.29) is 47.7 Å². The van der Waals surface area contributed by atoms with Gasteiger partial charge in [0.15, 0.2) is 0 Å². The minimum Gasteiger partial charge on any atom is -0.370 e. The number of benzene rings is 3. The van der Waals surface area contributed by atoms with Crippen LogP contribution >= 0.6 is 0 Å². The van der Waals surface area contributed by atoms with E-state index in [4.69, 9.17) is 0 Å². The Kier molecular flexibility index (Phi) is 9.12. The maximum atomic E-state index is 16.2. The Morgan fingerprint density at radius 3 is 2.36 bits per heavy atom. The van der Waals surface area contributed by atoms with Crippen molar-refractivity contribution in [2.45, 2.75) is 83.2 Å². The van der Waals surface area contributed by atoms with Gasteiger partial charge >= 0.3 is 0 Å². The third-order valence-corrected chi connectivity index (χ3v) is 13.8. The van der Waals surface area contributed by atoms with Crippen molar-refractivity contribution >= 4 is 40.2 Å². The largest absolute Gasteiger partial charge is 0.370 e. The van der Waals surface area contributed by atoms with Gasteiger partial charge in [-0.15, -0.1) is 0 Å². The molecule has 1 unspecified atom stereocenters. The summed E-state index contributed by atoms with van der Waals surface area (Å²) in [5.41, 5.74) is 5.82. The van der Waals surface area contributed by atoms with Crippen LogP contribution in [0.25, 0.3) is 10.9 Å². The minimum atomic E-state index is -2.68. The molecule has 11 nitrogen and oxygen atoms in total. The highest BCUT2D eigenvalue weighted by Crippen LogP contribution is 2.46. The van der Waals surface area contributed by atoms with E-state index in [9.17, 15) is 28.0 Å². The van der Waals surface area contributed by atoms with Crippen LogP contribution < -0.4 is 10.2 Å². The number of nitrogens with zero attached hydrogens (tertiary/aromatic N) is 5. The zero-order valence-corrected chi connectivity index (χ0v) is 32.7. The summed E-state index contributed by atoms with van der Waals surface area (Å²) in [5, 5.41) is 3.26. The monoisotopic (exact) mass is 811 g/mol. The standard InChI is InChI=1S/C44H45F4N7O4/c1-24-12-31-29-4-2-3-5-34(29)49-40(31)41(54(24)20-36(47)48)39-32(45)15-28(16-33(39)46)53-22-44(23-53)8-10-52(11-9-44)38(57)21-51-17-25-13-27-19-55(35-6-7-37(56)50-42(35)58)43(59)30(27)14-26(25)18-51/h2-5,13-16,24,35-36,41,49H,6-12,17-23H2,1H3,(H,50,56,58)/t24-,35?,41-/m1/s1. The number of piperidine rings is 2. The average Bonchev–Trinajstić information content (AvgIpc) is 3.85. The summed E-state index contributed by atoms with van der Waals surface area (Å²) < 4.78 is 60.3. The van der Waals surface area contributed by atoms with Crippen LogP contribution in [-0.2, 0) is 40.4 Å². The number of para-hydroxylation sites is 1. The Balaban J connectivity index is 0.761. The lowest BCUT2D eigenvalue weighted by Gasteiger charge is -2.55. The average molecular weight is 812 g/mol. The van der Waals surface area contributed by atoms with Gasteiger partial charge in [-0.05, 0) is 79.1 Å². The van der Waals surface area contributed by atoms with Gasteiger partial charge in [0.1, 0.15) is 17.7 Å². The van der Waals surface area contributed by atoms with Crippen molar-refractivity contribution in [2.75, 3.05) is 44.2 Å². The van der Waals surface area contributed by atoms with E-state index in [1.54, 1.807) is 4.90 Å².